The molecule has 0 unspecified atom stereocenters. The van der Waals surface area contributed by atoms with Crippen molar-refractivity contribution in [3.8, 4) is 11.1 Å². The molecule has 0 aromatic heterocycles. The molecule has 2 amide bonds. The number of aliphatic carboxylic acids is 1. The maximum atomic E-state index is 13.1. The first kappa shape index (κ1) is 21.9. The van der Waals surface area contributed by atoms with E-state index in [0.717, 1.165) is 28.7 Å². The van der Waals surface area contributed by atoms with Crippen LogP contribution in [0.2, 0.25) is 0 Å². The Morgan fingerprint density at radius 1 is 1.06 bits per heavy atom. The van der Waals surface area contributed by atoms with Crippen LogP contribution in [-0.2, 0) is 14.3 Å². The predicted octanol–water partition coefficient (Wildman–Crippen LogP) is 3.77. The van der Waals surface area contributed by atoms with Gasteiger partial charge in [-0.1, -0.05) is 48.5 Å². The van der Waals surface area contributed by atoms with Crippen LogP contribution in [0.1, 0.15) is 50.2 Å². The molecule has 7 heteroatoms. The minimum atomic E-state index is -1.09. The molecular weight excluding hydrogens is 408 g/mol. The van der Waals surface area contributed by atoms with Crippen molar-refractivity contribution in [2.75, 3.05) is 13.2 Å². The quantitative estimate of drug-likeness (QED) is 0.689. The molecule has 4 rings (SSSR count). The molecule has 2 aliphatic rings. The average Bonchev–Trinajstić information content (AvgIpc) is 3.06. The molecule has 0 heterocycles. The van der Waals surface area contributed by atoms with Gasteiger partial charge < -0.3 is 20.1 Å². The lowest BCUT2D eigenvalue weighted by Gasteiger charge is -2.44. The van der Waals surface area contributed by atoms with Gasteiger partial charge in [0, 0.05) is 12.0 Å². The molecular formula is C25H28N2O5. The van der Waals surface area contributed by atoms with Gasteiger partial charge in [0.1, 0.15) is 18.7 Å². The molecule has 0 aliphatic heterocycles. The van der Waals surface area contributed by atoms with Crippen LogP contribution in [0.4, 0.5) is 4.79 Å². The smallest absolute Gasteiger partial charge is 0.408 e. The summed E-state index contributed by atoms with van der Waals surface area (Å²) in [6, 6.07) is 15.9. The van der Waals surface area contributed by atoms with Gasteiger partial charge in [-0.05, 0) is 55.4 Å². The van der Waals surface area contributed by atoms with Crippen LogP contribution in [0.3, 0.4) is 0 Å². The Kier molecular flexibility index (Phi) is 5.91. The van der Waals surface area contributed by atoms with Crippen LogP contribution >= 0.6 is 0 Å². The highest BCUT2D eigenvalue weighted by atomic mass is 16.5. The average molecular weight is 437 g/mol. The Balaban J connectivity index is 1.46. The van der Waals surface area contributed by atoms with Crippen LogP contribution in [-0.4, -0.2) is 52.7 Å². The number of carbonyl (C=O) groups is 3. The molecule has 0 spiro atoms. The third kappa shape index (κ3) is 3.95. The summed E-state index contributed by atoms with van der Waals surface area (Å²) in [6.07, 6.45) is 1.07. The summed E-state index contributed by atoms with van der Waals surface area (Å²) < 4.78 is 5.61. The fourth-order valence-corrected chi connectivity index (χ4v) is 4.66. The number of hydrogen-bond donors (Lipinski definition) is 2. The minimum absolute atomic E-state index is 0.0691. The number of alkyl carbamates (subject to hydrolysis) is 1. The van der Waals surface area contributed by atoms with E-state index in [1.165, 1.54) is 4.90 Å². The van der Waals surface area contributed by atoms with E-state index in [1.807, 2.05) is 36.4 Å². The van der Waals surface area contributed by atoms with Crippen LogP contribution in [0.25, 0.3) is 11.1 Å². The van der Waals surface area contributed by atoms with Crippen LogP contribution < -0.4 is 5.32 Å². The fraction of sp³-hybridized carbons (Fsp3) is 0.400. The Morgan fingerprint density at radius 2 is 1.62 bits per heavy atom. The van der Waals surface area contributed by atoms with Crippen molar-refractivity contribution in [2.24, 2.45) is 0 Å². The van der Waals surface area contributed by atoms with Crippen molar-refractivity contribution in [1.29, 1.82) is 0 Å². The lowest BCUT2D eigenvalue weighted by Crippen LogP contribution is -2.65. The molecule has 2 N–H and O–H groups in total. The normalized spacial score (nSPS) is 16.0. The number of hydrogen-bond acceptors (Lipinski definition) is 4. The summed E-state index contributed by atoms with van der Waals surface area (Å²) in [5.41, 5.74) is 3.42. The standard InChI is InChI=1S/C25H28N2O5/c1-16(2)27(14-22(28)29)23(30)25(12-7-13-25)26-24(31)32-15-21-19-10-5-3-8-17(19)18-9-4-6-11-20(18)21/h3-6,8-11,16,21H,7,12-15H2,1-2H3,(H,26,31)(H,28,29). The Bertz CT molecular complexity index is 999. The molecule has 1 fully saturated rings. The molecule has 2 aromatic rings. The van der Waals surface area contributed by atoms with Gasteiger partial charge in [0.25, 0.3) is 0 Å². The minimum Gasteiger partial charge on any atom is -0.480 e. The zero-order valence-electron chi connectivity index (χ0n) is 18.3. The zero-order valence-corrected chi connectivity index (χ0v) is 18.3. The van der Waals surface area contributed by atoms with Gasteiger partial charge in [-0.15, -0.1) is 0 Å². The van der Waals surface area contributed by atoms with Gasteiger partial charge in [0.2, 0.25) is 5.91 Å². The number of carbonyl (C=O) groups excluding carboxylic acids is 2. The lowest BCUT2D eigenvalue weighted by molar-refractivity contribution is -0.151. The Hall–Kier alpha value is -3.35. The fourth-order valence-electron chi connectivity index (χ4n) is 4.66. The number of benzene rings is 2. The van der Waals surface area contributed by atoms with E-state index in [4.69, 9.17) is 4.74 Å². The Labute approximate surface area is 187 Å². The van der Waals surface area contributed by atoms with Crippen molar-refractivity contribution in [3.05, 3.63) is 59.7 Å². The topological polar surface area (TPSA) is 95.9 Å². The van der Waals surface area contributed by atoms with E-state index in [-0.39, 0.29) is 24.5 Å². The molecule has 168 valence electrons. The zero-order chi connectivity index (χ0) is 22.9. The number of rotatable bonds is 7. The third-order valence-electron chi connectivity index (χ3n) is 6.49. The van der Waals surface area contributed by atoms with Crippen LogP contribution in [0.5, 0.6) is 0 Å². The maximum Gasteiger partial charge on any atom is 0.408 e. The highest BCUT2D eigenvalue weighted by Gasteiger charge is 2.49. The number of nitrogens with one attached hydrogen (secondary N) is 1. The van der Waals surface area contributed by atoms with E-state index in [1.54, 1.807) is 13.8 Å². The van der Waals surface area contributed by atoms with Gasteiger partial charge >= 0.3 is 12.1 Å². The van der Waals surface area contributed by atoms with Crippen molar-refractivity contribution in [3.63, 3.8) is 0 Å². The maximum absolute atomic E-state index is 13.1. The van der Waals surface area contributed by atoms with E-state index in [2.05, 4.69) is 17.4 Å². The predicted molar refractivity (Wildman–Crippen MR) is 119 cm³/mol. The highest BCUT2D eigenvalue weighted by Crippen LogP contribution is 2.44. The largest absolute Gasteiger partial charge is 0.480 e. The van der Waals surface area contributed by atoms with Gasteiger partial charge in [-0.3, -0.25) is 9.59 Å². The van der Waals surface area contributed by atoms with Gasteiger partial charge in [0.05, 0.1) is 0 Å². The number of carboxylic acids is 1. The highest BCUT2D eigenvalue weighted by molar-refractivity contribution is 5.93. The molecule has 2 aromatic carbocycles. The number of ether oxygens (including phenoxy) is 1. The second-order valence-electron chi connectivity index (χ2n) is 8.81. The second kappa shape index (κ2) is 8.65. The van der Waals surface area contributed by atoms with Crippen LogP contribution in [0.15, 0.2) is 48.5 Å². The number of amides is 2. The van der Waals surface area contributed by atoms with E-state index in [9.17, 15) is 19.5 Å². The van der Waals surface area contributed by atoms with Crippen LogP contribution in [0, 0.1) is 0 Å². The summed E-state index contributed by atoms with van der Waals surface area (Å²) in [7, 11) is 0. The first-order chi connectivity index (χ1) is 15.3. The molecule has 32 heavy (non-hydrogen) atoms. The van der Waals surface area contributed by atoms with Crippen molar-refractivity contribution in [1.82, 2.24) is 10.2 Å². The summed E-state index contributed by atoms with van der Waals surface area (Å²) in [4.78, 5) is 38.4. The monoisotopic (exact) mass is 436 g/mol. The van der Waals surface area contributed by atoms with Gasteiger partial charge in [-0.25, -0.2) is 4.79 Å². The van der Waals surface area contributed by atoms with E-state index >= 15 is 0 Å². The number of fused-ring (bicyclic) bond motifs is 3. The summed E-state index contributed by atoms with van der Waals surface area (Å²) in [5, 5.41) is 11.9. The van der Waals surface area contributed by atoms with Crippen molar-refractivity contribution < 1.29 is 24.2 Å². The molecule has 0 bridgehead atoms. The first-order valence-electron chi connectivity index (χ1n) is 11.0. The van der Waals surface area contributed by atoms with E-state index < -0.39 is 24.1 Å². The molecule has 0 atom stereocenters. The number of carboxylic acid groups (broad SMARTS) is 1. The summed E-state index contributed by atoms with van der Waals surface area (Å²) >= 11 is 0. The van der Waals surface area contributed by atoms with Crippen molar-refractivity contribution in [2.45, 2.75) is 50.6 Å². The van der Waals surface area contributed by atoms with Gasteiger partial charge in [0.15, 0.2) is 0 Å². The second-order valence-corrected chi connectivity index (χ2v) is 8.81. The molecule has 0 saturated heterocycles. The Morgan fingerprint density at radius 3 is 2.09 bits per heavy atom. The molecule has 0 radical (unpaired) electrons. The van der Waals surface area contributed by atoms with Crippen molar-refractivity contribution >= 4 is 18.0 Å². The molecule has 2 aliphatic carbocycles. The first-order valence-corrected chi connectivity index (χ1v) is 11.0. The lowest BCUT2D eigenvalue weighted by atomic mass is 9.75. The van der Waals surface area contributed by atoms with E-state index in [0.29, 0.717) is 12.8 Å². The molecule has 7 nitrogen and oxygen atoms in total. The summed E-state index contributed by atoms with van der Waals surface area (Å²) in [6.45, 7) is 3.29. The third-order valence-corrected chi connectivity index (χ3v) is 6.49. The molecule has 1 saturated carbocycles. The SMILES string of the molecule is CC(C)N(CC(=O)O)C(=O)C1(NC(=O)OCC2c3ccccc3-c3ccccc32)CCC1. The number of nitrogens with zero attached hydrogens (tertiary/aromatic N) is 1. The van der Waals surface area contributed by atoms with Gasteiger partial charge in [-0.2, -0.15) is 0 Å². The summed E-state index contributed by atoms with van der Waals surface area (Å²) in [5.74, 6) is -1.52.